The first-order chi connectivity index (χ1) is 28.2. The van der Waals surface area contributed by atoms with Crippen LogP contribution in [0.3, 0.4) is 0 Å². The molecule has 4 nitrogen and oxygen atoms in total. The van der Waals surface area contributed by atoms with Crippen LogP contribution in [0.15, 0.2) is 205 Å². The summed E-state index contributed by atoms with van der Waals surface area (Å²) in [6.07, 6.45) is 1.88. The molecule has 3 heterocycles. The fraction of sp³-hybridized carbons (Fsp3) is 0. The number of aromatic nitrogens is 3. The number of pyridine rings is 1. The van der Waals surface area contributed by atoms with Gasteiger partial charge in [0.1, 0.15) is 11.1 Å². The van der Waals surface area contributed by atoms with E-state index in [0.29, 0.717) is 5.82 Å². The molecule has 11 rings (SSSR count). The smallest absolute Gasteiger partial charge is 0.161 e. The van der Waals surface area contributed by atoms with E-state index in [0.717, 1.165) is 83.5 Å². The Labute approximate surface area is 329 Å². The number of benzene rings is 8. The number of hydrogen-bond acceptors (Lipinski definition) is 4. The van der Waals surface area contributed by atoms with E-state index in [2.05, 4.69) is 164 Å². The van der Waals surface area contributed by atoms with Crippen molar-refractivity contribution in [2.75, 3.05) is 0 Å². The van der Waals surface area contributed by atoms with Crippen molar-refractivity contribution in [2.45, 2.75) is 0 Å². The molecule has 57 heavy (non-hydrogen) atoms. The highest BCUT2D eigenvalue weighted by Gasteiger charge is 2.19. The molecular formula is C53H33N3O. The van der Waals surface area contributed by atoms with Crippen molar-refractivity contribution in [3.63, 3.8) is 0 Å². The molecule has 0 bridgehead atoms. The molecule has 0 aliphatic heterocycles. The third kappa shape index (κ3) is 5.83. The summed E-state index contributed by atoms with van der Waals surface area (Å²) in [6.45, 7) is 0. The molecule has 8 aromatic carbocycles. The van der Waals surface area contributed by atoms with Gasteiger partial charge < -0.3 is 4.42 Å². The minimum absolute atomic E-state index is 0.663. The standard InChI is InChI=1S/C53H33N3O/c1-3-14-34(15-4-1)36-19-13-20-38(28-36)53-55-48(35-16-5-2-6-17-35)33-49(56-53)41-30-39(43-26-27-54-51-46-24-11-12-25-50(46)57-52(43)51)29-40(31-41)47-32-37-18-7-8-21-42(37)44-22-9-10-23-45(44)47/h1-33H. The molecule has 0 aliphatic rings. The second-order valence-corrected chi connectivity index (χ2v) is 14.4. The van der Waals surface area contributed by atoms with Gasteiger partial charge in [0.05, 0.1) is 11.4 Å². The molecule has 0 fully saturated rings. The zero-order valence-corrected chi connectivity index (χ0v) is 30.8. The molecule has 266 valence electrons. The van der Waals surface area contributed by atoms with Gasteiger partial charge in [-0.2, -0.15) is 0 Å². The predicted molar refractivity (Wildman–Crippen MR) is 235 cm³/mol. The fourth-order valence-electron chi connectivity index (χ4n) is 8.16. The van der Waals surface area contributed by atoms with Crippen molar-refractivity contribution in [2.24, 2.45) is 0 Å². The van der Waals surface area contributed by atoms with Crippen molar-refractivity contribution >= 4 is 43.6 Å². The van der Waals surface area contributed by atoms with Gasteiger partial charge in [-0.05, 0) is 104 Å². The molecule has 4 heteroatoms. The maximum atomic E-state index is 6.57. The van der Waals surface area contributed by atoms with E-state index in [9.17, 15) is 0 Å². The second-order valence-electron chi connectivity index (χ2n) is 14.4. The first-order valence-corrected chi connectivity index (χ1v) is 19.2. The summed E-state index contributed by atoms with van der Waals surface area (Å²) < 4.78 is 6.57. The summed E-state index contributed by atoms with van der Waals surface area (Å²) in [4.78, 5) is 15.4. The number of furan rings is 1. The molecule has 11 aromatic rings. The van der Waals surface area contributed by atoms with Crippen molar-refractivity contribution in [3.05, 3.63) is 200 Å². The molecule has 0 radical (unpaired) electrons. The Bertz CT molecular complexity index is 3300. The Morgan fingerprint density at radius 1 is 0.351 bits per heavy atom. The molecule has 0 spiro atoms. The van der Waals surface area contributed by atoms with E-state index in [4.69, 9.17) is 19.4 Å². The minimum Gasteiger partial charge on any atom is -0.454 e. The highest BCUT2D eigenvalue weighted by Crippen LogP contribution is 2.42. The van der Waals surface area contributed by atoms with Crippen LogP contribution in [-0.4, -0.2) is 15.0 Å². The Balaban J connectivity index is 1.18. The topological polar surface area (TPSA) is 51.8 Å². The Kier molecular flexibility index (Phi) is 7.78. The van der Waals surface area contributed by atoms with Crippen LogP contribution in [-0.2, 0) is 0 Å². The van der Waals surface area contributed by atoms with Gasteiger partial charge in [-0.25, -0.2) is 9.97 Å². The number of hydrogen-bond donors (Lipinski definition) is 0. The summed E-state index contributed by atoms with van der Waals surface area (Å²) in [6, 6.07) is 68.0. The van der Waals surface area contributed by atoms with Crippen LogP contribution in [0.1, 0.15) is 0 Å². The number of para-hydroxylation sites is 1. The van der Waals surface area contributed by atoms with Gasteiger partial charge in [-0.15, -0.1) is 0 Å². The molecule has 0 amide bonds. The summed E-state index contributed by atoms with van der Waals surface area (Å²) in [5.74, 6) is 0.663. The lowest BCUT2D eigenvalue weighted by Crippen LogP contribution is -1.97. The van der Waals surface area contributed by atoms with Crippen molar-refractivity contribution in [3.8, 4) is 67.3 Å². The molecule has 0 saturated carbocycles. The summed E-state index contributed by atoms with van der Waals surface area (Å²) in [5.41, 5.74) is 13.5. The maximum Gasteiger partial charge on any atom is 0.161 e. The van der Waals surface area contributed by atoms with E-state index >= 15 is 0 Å². The van der Waals surface area contributed by atoms with E-state index < -0.39 is 0 Å². The van der Waals surface area contributed by atoms with E-state index in [1.54, 1.807) is 0 Å². The second kappa shape index (κ2) is 13.6. The molecular weight excluding hydrogens is 695 g/mol. The summed E-state index contributed by atoms with van der Waals surface area (Å²) in [7, 11) is 0. The van der Waals surface area contributed by atoms with Crippen LogP contribution >= 0.6 is 0 Å². The van der Waals surface area contributed by atoms with Crippen molar-refractivity contribution in [1.82, 2.24) is 15.0 Å². The quantitative estimate of drug-likeness (QED) is 0.160. The zero-order valence-electron chi connectivity index (χ0n) is 30.8. The van der Waals surface area contributed by atoms with Crippen LogP contribution in [0.25, 0.3) is 111 Å². The van der Waals surface area contributed by atoms with Gasteiger partial charge >= 0.3 is 0 Å². The van der Waals surface area contributed by atoms with Crippen LogP contribution in [0.2, 0.25) is 0 Å². The van der Waals surface area contributed by atoms with E-state index in [1.807, 2.05) is 36.5 Å². The highest BCUT2D eigenvalue weighted by molar-refractivity contribution is 6.14. The van der Waals surface area contributed by atoms with Gasteiger partial charge in [-0.1, -0.05) is 140 Å². The molecule has 0 unspecified atom stereocenters. The highest BCUT2D eigenvalue weighted by atomic mass is 16.3. The number of nitrogens with zero attached hydrogens (tertiary/aromatic N) is 3. The van der Waals surface area contributed by atoms with Crippen molar-refractivity contribution in [1.29, 1.82) is 0 Å². The van der Waals surface area contributed by atoms with Gasteiger partial charge in [-0.3, -0.25) is 4.98 Å². The molecule has 0 atom stereocenters. The summed E-state index contributed by atoms with van der Waals surface area (Å²) >= 11 is 0. The maximum absolute atomic E-state index is 6.57. The van der Waals surface area contributed by atoms with Gasteiger partial charge in [0.15, 0.2) is 11.4 Å². The summed E-state index contributed by atoms with van der Waals surface area (Å²) in [5, 5.41) is 5.83. The van der Waals surface area contributed by atoms with Crippen molar-refractivity contribution < 1.29 is 4.42 Å². The number of rotatable bonds is 6. The van der Waals surface area contributed by atoms with Crippen LogP contribution in [0, 0.1) is 0 Å². The van der Waals surface area contributed by atoms with Gasteiger partial charge in [0.2, 0.25) is 0 Å². The van der Waals surface area contributed by atoms with E-state index in [1.165, 1.54) is 21.5 Å². The first-order valence-electron chi connectivity index (χ1n) is 19.2. The zero-order chi connectivity index (χ0) is 37.7. The average Bonchev–Trinajstić information content (AvgIpc) is 3.68. The fourth-order valence-corrected chi connectivity index (χ4v) is 8.16. The monoisotopic (exact) mass is 727 g/mol. The van der Waals surface area contributed by atoms with Gasteiger partial charge in [0.25, 0.3) is 0 Å². The van der Waals surface area contributed by atoms with Crippen LogP contribution < -0.4 is 0 Å². The third-order valence-corrected chi connectivity index (χ3v) is 10.9. The van der Waals surface area contributed by atoms with E-state index in [-0.39, 0.29) is 0 Å². The average molecular weight is 728 g/mol. The lowest BCUT2D eigenvalue weighted by Gasteiger charge is -2.15. The van der Waals surface area contributed by atoms with Crippen LogP contribution in [0.5, 0.6) is 0 Å². The SMILES string of the molecule is c1ccc(-c2cccc(-c3nc(-c4ccccc4)cc(-c4cc(-c5cc6ccccc6c6ccccc56)cc(-c5ccnc6c5oc5ccccc56)c4)n3)c2)cc1. The molecule has 0 aliphatic carbocycles. The third-order valence-electron chi connectivity index (χ3n) is 10.9. The Morgan fingerprint density at radius 2 is 0.930 bits per heavy atom. The van der Waals surface area contributed by atoms with Crippen LogP contribution in [0.4, 0.5) is 0 Å². The molecule has 0 saturated heterocycles. The lowest BCUT2D eigenvalue weighted by molar-refractivity contribution is 0.669. The molecule has 0 N–H and O–H groups in total. The molecule has 3 aromatic heterocycles. The largest absolute Gasteiger partial charge is 0.454 e. The minimum atomic E-state index is 0.663. The normalized spacial score (nSPS) is 11.5. The Morgan fingerprint density at radius 3 is 1.74 bits per heavy atom. The Hall–Kier alpha value is -7.69. The lowest BCUT2D eigenvalue weighted by atomic mass is 9.90. The van der Waals surface area contributed by atoms with Gasteiger partial charge in [0, 0.05) is 33.8 Å². The number of fused-ring (bicyclic) bond motifs is 6. The first kappa shape index (κ1) is 32.7. The predicted octanol–water partition coefficient (Wildman–Crippen LogP) is 14.1.